The molecule has 1 saturated heterocycles. The zero-order chi connectivity index (χ0) is 13.0. The first-order valence-electron chi connectivity index (χ1n) is 5.83. The predicted octanol–water partition coefficient (Wildman–Crippen LogP) is 0.831. The second kappa shape index (κ2) is 5.75. The standard InChI is InChI=1S/C11H21N3O3/c1-9(2)17-11(16)14-7-5-13(6-8-14)10(15)12(3)4/h9H,5-8H2,1-4H3. The van der Waals surface area contributed by atoms with Crippen molar-refractivity contribution in [3.63, 3.8) is 0 Å². The van der Waals surface area contributed by atoms with Gasteiger partial charge in [0.15, 0.2) is 0 Å². The summed E-state index contributed by atoms with van der Waals surface area (Å²) in [6.07, 6.45) is -0.402. The van der Waals surface area contributed by atoms with Gasteiger partial charge >= 0.3 is 12.1 Å². The number of amides is 3. The summed E-state index contributed by atoms with van der Waals surface area (Å²) in [5.41, 5.74) is 0. The number of nitrogens with zero attached hydrogens (tertiary/aromatic N) is 3. The lowest BCUT2D eigenvalue weighted by atomic mass is 10.3. The van der Waals surface area contributed by atoms with Crippen LogP contribution in [0.15, 0.2) is 0 Å². The zero-order valence-electron chi connectivity index (χ0n) is 11.0. The third-order valence-electron chi connectivity index (χ3n) is 2.53. The number of urea groups is 1. The van der Waals surface area contributed by atoms with Gasteiger partial charge in [0.25, 0.3) is 0 Å². The minimum Gasteiger partial charge on any atom is -0.447 e. The summed E-state index contributed by atoms with van der Waals surface area (Å²) in [6, 6.07) is -0.0122. The summed E-state index contributed by atoms with van der Waals surface area (Å²) in [4.78, 5) is 28.2. The van der Waals surface area contributed by atoms with Crippen LogP contribution in [0.2, 0.25) is 0 Å². The van der Waals surface area contributed by atoms with Crippen LogP contribution < -0.4 is 0 Å². The third kappa shape index (κ3) is 3.80. The Kier molecular flexibility index (Phi) is 4.60. The minimum atomic E-state index is -0.294. The normalized spacial score (nSPS) is 16.1. The van der Waals surface area contributed by atoms with E-state index in [4.69, 9.17) is 4.74 Å². The number of carbonyl (C=O) groups excluding carboxylic acids is 2. The Morgan fingerprint density at radius 3 is 1.94 bits per heavy atom. The van der Waals surface area contributed by atoms with Gasteiger partial charge in [-0.2, -0.15) is 0 Å². The lowest BCUT2D eigenvalue weighted by molar-refractivity contribution is 0.0594. The molecule has 0 unspecified atom stereocenters. The van der Waals surface area contributed by atoms with E-state index in [2.05, 4.69) is 0 Å². The molecule has 0 aliphatic carbocycles. The molecule has 0 N–H and O–H groups in total. The number of hydrogen-bond acceptors (Lipinski definition) is 3. The number of carbonyl (C=O) groups is 2. The third-order valence-corrected chi connectivity index (χ3v) is 2.53. The molecule has 0 spiro atoms. The molecule has 0 aromatic heterocycles. The van der Waals surface area contributed by atoms with Crippen LogP contribution in [0.25, 0.3) is 0 Å². The lowest BCUT2D eigenvalue weighted by Crippen LogP contribution is -2.53. The quantitative estimate of drug-likeness (QED) is 0.685. The Labute approximate surface area is 102 Å². The van der Waals surface area contributed by atoms with Gasteiger partial charge < -0.3 is 19.4 Å². The molecule has 1 rings (SSSR count). The van der Waals surface area contributed by atoms with Crippen LogP contribution in [0.5, 0.6) is 0 Å². The first-order chi connectivity index (χ1) is 7.91. The van der Waals surface area contributed by atoms with Crippen molar-refractivity contribution in [2.45, 2.75) is 20.0 Å². The molecule has 0 radical (unpaired) electrons. The zero-order valence-corrected chi connectivity index (χ0v) is 11.0. The Morgan fingerprint density at radius 2 is 1.53 bits per heavy atom. The van der Waals surface area contributed by atoms with E-state index in [-0.39, 0.29) is 18.2 Å². The molecule has 1 aliphatic heterocycles. The summed E-state index contributed by atoms with van der Waals surface area (Å²) in [6.45, 7) is 5.83. The van der Waals surface area contributed by atoms with Crippen LogP contribution in [0.1, 0.15) is 13.8 Å². The summed E-state index contributed by atoms with van der Waals surface area (Å²) in [7, 11) is 3.45. The highest BCUT2D eigenvalue weighted by atomic mass is 16.6. The van der Waals surface area contributed by atoms with E-state index < -0.39 is 0 Å². The monoisotopic (exact) mass is 243 g/mol. The molecule has 0 bridgehead atoms. The van der Waals surface area contributed by atoms with Gasteiger partial charge in [-0.25, -0.2) is 9.59 Å². The fraction of sp³-hybridized carbons (Fsp3) is 0.818. The Morgan fingerprint density at radius 1 is 1.06 bits per heavy atom. The van der Waals surface area contributed by atoms with Crippen LogP contribution in [0, 0.1) is 0 Å². The van der Waals surface area contributed by atoms with E-state index in [1.54, 1.807) is 28.8 Å². The van der Waals surface area contributed by atoms with Crippen LogP contribution in [-0.4, -0.2) is 73.2 Å². The van der Waals surface area contributed by atoms with Gasteiger partial charge in [0.1, 0.15) is 0 Å². The molecule has 98 valence electrons. The van der Waals surface area contributed by atoms with Gasteiger partial charge in [-0.3, -0.25) is 0 Å². The smallest absolute Gasteiger partial charge is 0.410 e. The van der Waals surface area contributed by atoms with Crippen LogP contribution in [0.3, 0.4) is 0 Å². The van der Waals surface area contributed by atoms with E-state index in [1.807, 2.05) is 13.8 Å². The molecule has 0 aromatic rings. The van der Waals surface area contributed by atoms with E-state index in [9.17, 15) is 9.59 Å². The first kappa shape index (κ1) is 13.6. The molecule has 0 saturated carbocycles. The molecule has 1 aliphatic rings. The largest absolute Gasteiger partial charge is 0.447 e. The van der Waals surface area contributed by atoms with Crippen molar-refractivity contribution in [3.05, 3.63) is 0 Å². The van der Waals surface area contributed by atoms with Gasteiger partial charge in [-0.15, -0.1) is 0 Å². The van der Waals surface area contributed by atoms with E-state index in [1.165, 1.54) is 0 Å². The highest BCUT2D eigenvalue weighted by Gasteiger charge is 2.25. The second-order valence-corrected chi connectivity index (χ2v) is 4.58. The Bertz CT molecular complexity index is 284. The molecule has 0 atom stereocenters. The molecular weight excluding hydrogens is 222 g/mol. The average Bonchev–Trinajstić information content (AvgIpc) is 2.27. The maximum Gasteiger partial charge on any atom is 0.410 e. The number of piperazine rings is 1. The Hall–Kier alpha value is -1.46. The van der Waals surface area contributed by atoms with Crippen molar-refractivity contribution in [2.24, 2.45) is 0 Å². The molecule has 0 aromatic carbocycles. The second-order valence-electron chi connectivity index (χ2n) is 4.58. The van der Waals surface area contributed by atoms with Gasteiger partial charge in [-0.1, -0.05) is 0 Å². The van der Waals surface area contributed by atoms with Crippen molar-refractivity contribution < 1.29 is 14.3 Å². The predicted molar refractivity (Wildman–Crippen MR) is 63.8 cm³/mol. The molecule has 6 nitrogen and oxygen atoms in total. The topological polar surface area (TPSA) is 53.1 Å². The maximum absolute atomic E-state index is 11.7. The van der Waals surface area contributed by atoms with Gasteiger partial charge in [0, 0.05) is 40.3 Å². The SMILES string of the molecule is CC(C)OC(=O)N1CCN(C(=O)N(C)C)CC1. The van der Waals surface area contributed by atoms with Crippen molar-refractivity contribution in [1.29, 1.82) is 0 Å². The van der Waals surface area contributed by atoms with Crippen molar-refractivity contribution in [1.82, 2.24) is 14.7 Å². The van der Waals surface area contributed by atoms with Gasteiger partial charge in [0.05, 0.1) is 6.10 Å². The molecule has 3 amide bonds. The summed E-state index contributed by atoms with van der Waals surface area (Å²) in [5, 5.41) is 0. The molecule has 1 heterocycles. The number of hydrogen-bond donors (Lipinski definition) is 0. The summed E-state index contributed by atoms with van der Waals surface area (Å²) >= 11 is 0. The highest BCUT2D eigenvalue weighted by Crippen LogP contribution is 2.06. The number of ether oxygens (including phenoxy) is 1. The average molecular weight is 243 g/mol. The van der Waals surface area contributed by atoms with Crippen LogP contribution in [-0.2, 0) is 4.74 Å². The first-order valence-corrected chi connectivity index (χ1v) is 5.83. The van der Waals surface area contributed by atoms with Crippen molar-refractivity contribution in [2.75, 3.05) is 40.3 Å². The highest BCUT2D eigenvalue weighted by molar-refractivity contribution is 5.74. The summed E-state index contributed by atoms with van der Waals surface area (Å²) < 4.78 is 5.11. The van der Waals surface area contributed by atoms with E-state index in [0.717, 1.165) is 0 Å². The Balaban J connectivity index is 2.40. The molecule has 17 heavy (non-hydrogen) atoms. The fourth-order valence-corrected chi connectivity index (χ4v) is 1.64. The number of rotatable bonds is 1. The minimum absolute atomic E-state index is 0.0122. The van der Waals surface area contributed by atoms with Crippen molar-refractivity contribution in [3.8, 4) is 0 Å². The lowest BCUT2D eigenvalue weighted by Gasteiger charge is -2.35. The molecule has 1 fully saturated rings. The summed E-state index contributed by atoms with van der Waals surface area (Å²) in [5.74, 6) is 0. The van der Waals surface area contributed by atoms with E-state index in [0.29, 0.717) is 26.2 Å². The fourth-order valence-electron chi connectivity index (χ4n) is 1.64. The maximum atomic E-state index is 11.7. The van der Waals surface area contributed by atoms with Crippen molar-refractivity contribution >= 4 is 12.1 Å². The van der Waals surface area contributed by atoms with Crippen LogP contribution >= 0.6 is 0 Å². The van der Waals surface area contributed by atoms with E-state index >= 15 is 0 Å². The van der Waals surface area contributed by atoms with Gasteiger partial charge in [-0.05, 0) is 13.8 Å². The molecule has 6 heteroatoms. The van der Waals surface area contributed by atoms with Crippen LogP contribution in [0.4, 0.5) is 9.59 Å². The van der Waals surface area contributed by atoms with Gasteiger partial charge in [0.2, 0.25) is 0 Å². The molecular formula is C11H21N3O3.